The highest BCUT2D eigenvalue weighted by atomic mass is 79.9. The van der Waals surface area contributed by atoms with E-state index in [4.69, 9.17) is 0 Å². The molecule has 2 heterocycles. The zero-order chi connectivity index (χ0) is 15.2. The number of hydrogen-bond acceptors (Lipinski definition) is 2. The molecular formula is C16H22BrFN2O. The standard InChI is InChI=1S/C11H11BrFNO.C5H11N/c12-9-4-3-8(7-10(9)13)11(15)14-5-1-2-6-14;1-6-4-2-3-5-6/h3-4,7H,1-2,5-6H2;2-5H2,1H3. The predicted molar refractivity (Wildman–Crippen MR) is 86.0 cm³/mol. The predicted octanol–water partition coefficient (Wildman–Crippen LogP) is 3.54. The van der Waals surface area contributed by atoms with Crippen LogP contribution in [0.3, 0.4) is 0 Å². The molecule has 2 aliphatic rings. The minimum absolute atomic E-state index is 0.0705. The summed E-state index contributed by atoms with van der Waals surface area (Å²) in [5.41, 5.74) is 0.428. The van der Waals surface area contributed by atoms with E-state index in [1.807, 2.05) is 0 Å². The third-order valence-corrected chi connectivity index (χ3v) is 4.53. The van der Waals surface area contributed by atoms with E-state index in [0.717, 1.165) is 25.9 Å². The number of nitrogens with zero attached hydrogens (tertiary/aromatic N) is 2. The zero-order valence-electron chi connectivity index (χ0n) is 12.4. The molecule has 2 saturated heterocycles. The highest BCUT2D eigenvalue weighted by Gasteiger charge is 2.19. The van der Waals surface area contributed by atoms with Crippen molar-refractivity contribution in [3.05, 3.63) is 34.1 Å². The van der Waals surface area contributed by atoms with Crippen LogP contribution in [-0.2, 0) is 0 Å². The third-order valence-electron chi connectivity index (χ3n) is 3.89. The Morgan fingerprint density at radius 2 is 1.67 bits per heavy atom. The van der Waals surface area contributed by atoms with Gasteiger partial charge >= 0.3 is 0 Å². The van der Waals surface area contributed by atoms with Crippen LogP contribution in [0.25, 0.3) is 0 Å². The van der Waals surface area contributed by atoms with Crippen LogP contribution in [0.1, 0.15) is 36.0 Å². The van der Waals surface area contributed by atoms with Crippen molar-refractivity contribution in [2.45, 2.75) is 25.7 Å². The second-order valence-electron chi connectivity index (χ2n) is 5.64. The summed E-state index contributed by atoms with van der Waals surface area (Å²) in [7, 11) is 2.17. The molecule has 2 fully saturated rings. The SMILES string of the molecule is CN1CCCC1.O=C(c1ccc(Br)c(F)c1)N1CCCC1. The van der Waals surface area contributed by atoms with Crippen LogP contribution < -0.4 is 0 Å². The van der Waals surface area contributed by atoms with Gasteiger partial charge in [0.2, 0.25) is 0 Å². The van der Waals surface area contributed by atoms with Gasteiger partial charge < -0.3 is 9.80 Å². The van der Waals surface area contributed by atoms with Crippen LogP contribution in [0.4, 0.5) is 4.39 Å². The van der Waals surface area contributed by atoms with Crippen molar-refractivity contribution in [2.24, 2.45) is 0 Å². The lowest BCUT2D eigenvalue weighted by Crippen LogP contribution is -2.27. The molecule has 5 heteroatoms. The van der Waals surface area contributed by atoms with E-state index in [-0.39, 0.29) is 11.7 Å². The van der Waals surface area contributed by atoms with Crippen LogP contribution in [0.2, 0.25) is 0 Å². The molecular weight excluding hydrogens is 335 g/mol. The van der Waals surface area contributed by atoms with E-state index in [1.165, 1.54) is 32.0 Å². The number of rotatable bonds is 1. The van der Waals surface area contributed by atoms with Crippen LogP contribution in [-0.4, -0.2) is 48.9 Å². The summed E-state index contributed by atoms with van der Waals surface area (Å²) in [6.45, 7) is 4.22. The largest absolute Gasteiger partial charge is 0.339 e. The zero-order valence-corrected chi connectivity index (χ0v) is 14.0. The number of carbonyl (C=O) groups is 1. The first-order valence-electron chi connectivity index (χ1n) is 7.51. The van der Waals surface area contributed by atoms with Gasteiger partial charge in [-0.05, 0) is 79.9 Å². The van der Waals surface area contributed by atoms with Crippen molar-refractivity contribution < 1.29 is 9.18 Å². The Hall–Kier alpha value is -0.940. The third kappa shape index (κ3) is 4.78. The van der Waals surface area contributed by atoms with Crippen molar-refractivity contribution in [2.75, 3.05) is 33.2 Å². The van der Waals surface area contributed by atoms with E-state index in [2.05, 4.69) is 27.9 Å². The molecule has 21 heavy (non-hydrogen) atoms. The minimum Gasteiger partial charge on any atom is -0.339 e. The number of halogens is 2. The highest BCUT2D eigenvalue weighted by Crippen LogP contribution is 2.19. The molecule has 0 unspecified atom stereocenters. The van der Waals surface area contributed by atoms with Gasteiger partial charge in [-0.25, -0.2) is 4.39 Å². The summed E-state index contributed by atoms with van der Waals surface area (Å²) in [6, 6.07) is 4.50. The first-order valence-corrected chi connectivity index (χ1v) is 8.30. The summed E-state index contributed by atoms with van der Waals surface area (Å²) >= 11 is 3.06. The molecule has 3 rings (SSSR count). The van der Waals surface area contributed by atoms with E-state index in [0.29, 0.717) is 10.0 Å². The molecule has 2 aliphatic heterocycles. The molecule has 0 bridgehead atoms. The number of likely N-dealkylation sites (tertiary alicyclic amines) is 2. The Bertz CT molecular complexity index is 483. The lowest BCUT2D eigenvalue weighted by atomic mass is 10.2. The first kappa shape index (κ1) is 16.4. The van der Waals surface area contributed by atoms with Gasteiger partial charge in [0.15, 0.2) is 0 Å². The molecule has 0 aliphatic carbocycles. The average Bonchev–Trinajstić information content (AvgIpc) is 3.15. The van der Waals surface area contributed by atoms with Gasteiger partial charge in [-0.2, -0.15) is 0 Å². The average molecular weight is 357 g/mol. The van der Waals surface area contributed by atoms with Crippen molar-refractivity contribution in [3.63, 3.8) is 0 Å². The summed E-state index contributed by atoms with van der Waals surface area (Å²) in [5, 5.41) is 0. The molecule has 0 radical (unpaired) electrons. The van der Waals surface area contributed by atoms with Gasteiger partial charge in [0.25, 0.3) is 5.91 Å². The van der Waals surface area contributed by atoms with Crippen molar-refractivity contribution in [1.29, 1.82) is 0 Å². The molecule has 0 aromatic heterocycles. The van der Waals surface area contributed by atoms with Gasteiger partial charge in [0, 0.05) is 18.7 Å². The Morgan fingerprint density at radius 1 is 1.10 bits per heavy atom. The lowest BCUT2D eigenvalue weighted by molar-refractivity contribution is 0.0792. The highest BCUT2D eigenvalue weighted by molar-refractivity contribution is 9.10. The summed E-state index contributed by atoms with van der Waals surface area (Å²) in [6.07, 6.45) is 4.92. The van der Waals surface area contributed by atoms with Crippen molar-refractivity contribution in [1.82, 2.24) is 9.80 Å². The second-order valence-corrected chi connectivity index (χ2v) is 6.49. The molecule has 1 aromatic carbocycles. The number of benzene rings is 1. The number of amides is 1. The number of carbonyl (C=O) groups excluding carboxylic acids is 1. The Morgan fingerprint density at radius 3 is 2.14 bits per heavy atom. The molecule has 0 saturated carbocycles. The Labute approximate surface area is 134 Å². The number of hydrogen-bond donors (Lipinski definition) is 0. The van der Waals surface area contributed by atoms with E-state index >= 15 is 0 Å². The van der Waals surface area contributed by atoms with E-state index < -0.39 is 0 Å². The summed E-state index contributed by atoms with van der Waals surface area (Å²) < 4.78 is 13.6. The van der Waals surface area contributed by atoms with Gasteiger partial charge in [-0.1, -0.05) is 0 Å². The normalized spacial score (nSPS) is 18.5. The summed E-state index contributed by atoms with van der Waals surface area (Å²) in [4.78, 5) is 16.0. The molecule has 1 amide bonds. The van der Waals surface area contributed by atoms with E-state index in [9.17, 15) is 9.18 Å². The quantitative estimate of drug-likeness (QED) is 0.768. The smallest absolute Gasteiger partial charge is 0.253 e. The van der Waals surface area contributed by atoms with E-state index in [1.54, 1.807) is 17.0 Å². The maximum atomic E-state index is 13.2. The van der Waals surface area contributed by atoms with Gasteiger partial charge in [-0.3, -0.25) is 4.79 Å². The maximum Gasteiger partial charge on any atom is 0.253 e. The topological polar surface area (TPSA) is 23.6 Å². The van der Waals surface area contributed by atoms with Gasteiger partial charge in [0.05, 0.1) is 4.47 Å². The molecule has 0 N–H and O–H groups in total. The minimum atomic E-state index is -0.389. The maximum absolute atomic E-state index is 13.2. The van der Waals surface area contributed by atoms with Crippen molar-refractivity contribution in [3.8, 4) is 0 Å². The van der Waals surface area contributed by atoms with Crippen LogP contribution >= 0.6 is 15.9 Å². The van der Waals surface area contributed by atoms with Crippen LogP contribution in [0.15, 0.2) is 22.7 Å². The van der Waals surface area contributed by atoms with Crippen LogP contribution in [0.5, 0.6) is 0 Å². The Balaban J connectivity index is 0.000000225. The molecule has 3 nitrogen and oxygen atoms in total. The molecule has 1 aromatic rings. The molecule has 116 valence electrons. The fourth-order valence-corrected chi connectivity index (χ4v) is 2.85. The van der Waals surface area contributed by atoms with Gasteiger partial charge in [-0.15, -0.1) is 0 Å². The lowest BCUT2D eigenvalue weighted by Gasteiger charge is -2.15. The van der Waals surface area contributed by atoms with Crippen LogP contribution in [0, 0.1) is 5.82 Å². The summed E-state index contributed by atoms with van der Waals surface area (Å²) in [5.74, 6) is -0.459. The fourth-order valence-electron chi connectivity index (χ4n) is 2.61. The fraction of sp³-hybridized carbons (Fsp3) is 0.562. The second kappa shape index (κ2) is 7.90. The van der Waals surface area contributed by atoms with Gasteiger partial charge in [0.1, 0.15) is 5.82 Å². The molecule has 0 spiro atoms. The Kier molecular flexibility index (Phi) is 6.18. The monoisotopic (exact) mass is 356 g/mol. The van der Waals surface area contributed by atoms with Crippen molar-refractivity contribution >= 4 is 21.8 Å². The molecule has 0 atom stereocenters. The first-order chi connectivity index (χ1) is 10.1.